The number of aromatic nitrogens is 1. The van der Waals surface area contributed by atoms with E-state index >= 15 is 0 Å². The van der Waals surface area contributed by atoms with Crippen LogP contribution in [0.3, 0.4) is 0 Å². The van der Waals surface area contributed by atoms with Gasteiger partial charge in [-0.1, -0.05) is 146 Å². The SMILES string of the molecule is CC1(c2ccccc2)N=C(n2c3ccccc3c3ccc(-c4cccc5c4sc4c6ccccc6ccc54)cc32)N=C(c2ccccc2)N1. The standard InChI is InChI=1S/C44H30N4S/c1-44(31-16-6-3-7-17-31)46-42(29-14-4-2-5-15-29)45-43(47-44)48-38-22-11-10-19-34(38)35-25-24-30(27-39(35)48)33-20-12-21-36-37-26-23-28-13-8-9-18-32(28)40(37)49-41(33)36/h2-27H,1H3,(H,45,46,47). The Balaban J connectivity index is 1.23. The van der Waals surface area contributed by atoms with Gasteiger partial charge in [-0.25, -0.2) is 4.99 Å². The molecule has 0 amide bonds. The molecule has 9 aromatic rings. The van der Waals surface area contributed by atoms with E-state index in [-0.39, 0.29) is 0 Å². The Morgan fingerprint density at radius 2 is 1.22 bits per heavy atom. The second-order valence-electron chi connectivity index (χ2n) is 12.8. The minimum atomic E-state index is -0.732. The maximum absolute atomic E-state index is 5.40. The maximum atomic E-state index is 5.40. The van der Waals surface area contributed by atoms with E-state index in [1.807, 2.05) is 23.5 Å². The number of amidine groups is 1. The molecule has 1 N–H and O–H groups in total. The molecule has 1 aliphatic heterocycles. The number of hydrogen-bond donors (Lipinski definition) is 1. The Hall–Kier alpha value is -6.04. The van der Waals surface area contributed by atoms with Gasteiger partial charge in [0.15, 0.2) is 5.66 Å². The largest absolute Gasteiger partial charge is 0.342 e. The molecule has 1 atom stereocenters. The molecule has 4 nitrogen and oxygen atoms in total. The van der Waals surface area contributed by atoms with Crippen LogP contribution in [-0.4, -0.2) is 16.4 Å². The summed E-state index contributed by atoms with van der Waals surface area (Å²) >= 11 is 1.89. The molecule has 0 radical (unpaired) electrons. The van der Waals surface area contributed by atoms with Crippen molar-refractivity contribution in [3.63, 3.8) is 0 Å². The lowest BCUT2D eigenvalue weighted by Gasteiger charge is -2.33. The fourth-order valence-corrected chi connectivity index (χ4v) is 8.82. The number of nitrogens with one attached hydrogen (secondary N) is 1. The molecule has 0 saturated carbocycles. The van der Waals surface area contributed by atoms with Crippen LogP contribution < -0.4 is 5.32 Å². The highest BCUT2D eigenvalue weighted by atomic mass is 32.1. The number of hydrogen-bond acceptors (Lipinski definition) is 4. The zero-order chi connectivity index (χ0) is 32.5. The van der Waals surface area contributed by atoms with E-state index < -0.39 is 5.66 Å². The minimum Gasteiger partial charge on any atom is -0.342 e. The van der Waals surface area contributed by atoms with Gasteiger partial charge in [-0.3, -0.25) is 4.57 Å². The predicted octanol–water partition coefficient (Wildman–Crippen LogP) is 11.1. The van der Waals surface area contributed by atoms with Crippen LogP contribution in [0.1, 0.15) is 18.1 Å². The van der Waals surface area contributed by atoms with Crippen molar-refractivity contribution >= 4 is 75.9 Å². The highest BCUT2D eigenvalue weighted by Gasteiger charge is 2.33. The first kappa shape index (κ1) is 28.0. The molecule has 0 bridgehead atoms. The molecule has 0 saturated heterocycles. The van der Waals surface area contributed by atoms with Gasteiger partial charge in [-0.05, 0) is 46.5 Å². The lowest BCUT2D eigenvalue weighted by Crippen LogP contribution is -2.47. The second kappa shape index (κ2) is 10.7. The Labute approximate surface area is 287 Å². The van der Waals surface area contributed by atoms with Gasteiger partial charge in [-0.15, -0.1) is 11.3 Å². The zero-order valence-corrected chi connectivity index (χ0v) is 27.6. The molecule has 0 spiro atoms. The monoisotopic (exact) mass is 646 g/mol. The van der Waals surface area contributed by atoms with Crippen molar-refractivity contribution in [1.82, 2.24) is 9.88 Å². The summed E-state index contributed by atoms with van der Waals surface area (Å²) in [5.41, 5.74) is 5.91. The van der Waals surface area contributed by atoms with Gasteiger partial charge in [0.1, 0.15) is 5.84 Å². The third kappa shape index (κ3) is 4.36. The third-order valence-corrected chi connectivity index (χ3v) is 11.1. The second-order valence-corrected chi connectivity index (χ2v) is 13.9. The lowest BCUT2D eigenvalue weighted by molar-refractivity contribution is 0.452. The molecule has 1 unspecified atom stereocenters. The Morgan fingerprint density at radius 3 is 2.08 bits per heavy atom. The van der Waals surface area contributed by atoms with Crippen molar-refractivity contribution < 1.29 is 0 Å². The highest BCUT2D eigenvalue weighted by molar-refractivity contribution is 7.27. The highest BCUT2D eigenvalue weighted by Crippen LogP contribution is 2.44. The van der Waals surface area contributed by atoms with Gasteiger partial charge in [0.2, 0.25) is 5.96 Å². The summed E-state index contributed by atoms with van der Waals surface area (Å²) < 4.78 is 4.89. The summed E-state index contributed by atoms with van der Waals surface area (Å²) in [7, 11) is 0. The molecular weight excluding hydrogens is 617 g/mol. The fourth-order valence-electron chi connectivity index (χ4n) is 7.45. The van der Waals surface area contributed by atoms with Gasteiger partial charge in [0.05, 0.1) is 11.0 Å². The number of thiophene rings is 1. The molecule has 49 heavy (non-hydrogen) atoms. The van der Waals surface area contributed by atoms with E-state index in [2.05, 4.69) is 162 Å². The van der Waals surface area contributed by atoms with Gasteiger partial charge >= 0.3 is 0 Å². The first-order valence-electron chi connectivity index (χ1n) is 16.6. The van der Waals surface area contributed by atoms with Crippen LogP contribution in [0, 0.1) is 0 Å². The van der Waals surface area contributed by atoms with E-state index in [1.165, 1.54) is 52.8 Å². The average molecular weight is 647 g/mol. The van der Waals surface area contributed by atoms with Crippen LogP contribution in [0.4, 0.5) is 0 Å². The molecule has 2 aromatic heterocycles. The topological polar surface area (TPSA) is 41.7 Å². The Bertz CT molecular complexity index is 2810. The van der Waals surface area contributed by atoms with Crippen LogP contribution in [0.5, 0.6) is 0 Å². The van der Waals surface area contributed by atoms with Crippen molar-refractivity contribution in [2.75, 3.05) is 0 Å². The lowest BCUT2D eigenvalue weighted by atomic mass is 10.00. The number of nitrogens with zero attached hydrogens (tertiary/aromatic N) is 3. The first-order valence-corrected chi connectivity index (χ1v) is 17.4. The van der Waals surface area contributed by atoms with Crippen LogP contribution >= 0.6 is 11.3 Å². The average Bonchev–Trinajstić information content (AvgIpc) is 3.71. The molecule has 7 aromatic carbocycles. The van der Waals surface area contributed by atoms with Crippen LogP contribution in [0.25, 0.3) is 63.9 Å². The third-order valence-electron chi connectivity index (χ3n) is 9.85. The van der Waals surface area contributed by atoms with E-state index in [9.17, 15) is 0 Å². The number of rotatable bonds is 3. The molecule has 0 aliphatic carbocycles. The Morgan fingerprint density at radius 1 is 0.551 bits per heavy atom. The summed E-state index contributed by atoms with van der Waals surface area (Å²) in [6, 6.07) is 56.1. The van der Waals surface area contributed by atoms with E-state index in [0.29, 0.717) is 5.96 Å². The van der Waals surface area contributed by atoms with E-state index in [0.717, 1.165) is 28.0 Å². The summed E-state index contributed by atoms with van der Waals surface area (Å²) in [6.07, 6.45) is 0. The fraction of sp³-hybridized carbons (Fsp3) is 0.0455. The summed E-state index contributed by atoms with van der Waals surface area (Å²) in [4.78, 5) is 10.6. The molecule has 10 rings (SSSR count). The number of para-hydroxylation sites is 1. The molecule has 1 aliphatic rings. The van der Waals surface area contributed by atoms with Crippen molar-refractivity contribution in [3.05, 3.63) is 169 Å². The number of aliphatic imine (C=N–C) groups is 2. The van der Waals surface area contributed by atoms with Crippen molar-refractivity contribution in [3.8, 4) is 11.1 Å². The molecule has 3 heterocycles. The predicted molar refractivity (Wildman–Crippen MR) is 208 cm³/mol. The van der Waals surface area contributed by atoms with E-state index in [4.69, 9.17) is 9.98 Å². The van der Waals surface area contributed by atoms with Crippen molar-refractivity contribution in [2.24, 2.45) is 9.98 Å². The number of benzene rings is 7. The maximum Gasteiger partial charge on any atom is 0.234 e. The van der Waals surface area contributed by atoms with Gasteiger partial charge in [-0.2, -0.15) is 4.99 Å². The summed E-state index contributed by atoms with van der Waals surface area (Å²) in [6.45, 7) is 2.13. The molecule has 232 valence electrons. The zero-order valence-electron chi connectivity index (χ0n) is 26.8. The summed E-state index contributed by atoms with van der Waals surface area (Å²) in [5, 5.41) is 11.2. The van der Waals surface area contributed by atoms with Crippen molar-refractivity contribution in [1.29, 1.82) is 0 Å². The first-order chi connectivity index (χ1) is 24.1. The van der Waals surface area contributed by atoms with Gasteiger partial charge < -0.3 is 5.32 Å². The van der Waals surface area contributed by atoms with Crippen LogP contribution in [-0.2, 0) is 5.66 Å². The van der Waals surface area contributed by atoms with Gasteiger partial charge in [0.25, 0.3) is 0 Å². The van der Waals surface area contributed by atoms with E-state index in [1.54, 1.807) is 0 Å². The normalized spacial score (nSPS) is 16.3. The number of fused-ring (bicyclic) bond motifs is 8. The van der Waals surface area contributed by atoms with Crippen LogP contribution in [0.15, 0.2) is 168 Å². The van der Waals surface area contributed by atoms with Gasteiger partial charge in [0, 0.05) is 36.5 Å². The molecule has 5 heteroatoms. The van der Waals surface area contributed by atoms with Crippen LogP contribution in [0.2, 0.25) is 0 Å². The Kier molecular flexibility index (Phi) is 6.14. The smallest absolute Gasteiger partial charge is 0.234 e. The molecular formula is C44H30N4S. The summed E-state index contributed by atoms with van der Waals surface area (Å²) in [5.74, 6) is 1.44. The minimum absolute atomic E-state index is 0.652. The van der Waals surface area contributed by atoms with Crippen molar-refractivity contribution in [2.45, 2.75) is 12.6 Å². The molecule has 0 fully saturated rings. The quantitative estimate of drug-likeness (QED) is 0.204.